The van der Waals surface area contributed by atoms with Crippen molar-refractivity contribution < 1.29 is 5.11 Å². The van der Waals surface area contributed by atoms with E-state index in [1.165, 1.54) is 11.1 Å². The van der Waals surface area contributed by atoms with Crippen molar-refractivity contribution in [3.63, 3.8) is 0 Å². The van der Waals surface area contributed by atoms with Gasteiger partial charge in [0.2, 0.25) is 0 Å². The van der Waals surface area contributed by atoms with Crippen LogP contribution in [0, 0.1) is 5.92 Å². The van der Waals surface area contributed by atoms with Gasteiger partial charge in [-0.15, -0.1) is 0 Å². The van der Waals surface area contributed by atoms with E-state index >= 15 is 0 Å². The molecular weight excluding hydrogens is 172 g/mol. The highest BCUT2D eigenvalue weighted by Gasteiger charge is 2.03. The van der Waals surface area contributed by atoms with Crippen molar-refractivity contribution in [3.05, 3.63) is 35.4 Å². The van der Waals surface area contributed by atoms with Gasteiger partial charge < -0.3 is 5.11 Å². The molecular formula is C13H20O. The zero-order valence-corrected chi connectivity index (χ0v) is 9.33. The zero-order chi connectivity index (χ0) is 10.6. The van der Waals surface area contributed by atoms with Crippen molar-refractivity contribution in [1.82, 2.24) is 0 Å². The van der Waals surface area contributed by atoms with Gasteiger partial charge in [-0.3, -0.25) is 0 Å². The van der Waals surface area contributed by atoms with Crippen molar-refractivity contribution in [1.29, 1.82) is 0 Å². The fraction of sp³-hybridized carbons (Fsp3) is 0.538. The summed E-state index contributed by atoms with van der Waals surface area (Å²) in [6.45, 7) is 6.72. The minimum Gasteiger partial charge on any atom is -0.396 e. The Morgan fingerprint density at radius 2 is 1.64 bits per heavy atom. The molecule has 1 atom stereocenters. The second-order valence-corrected chi connectivity index (χ2v) is 4.42. The molecule has 1 aromatic carbocycles. The SMILES string of the molecule is CC(C)Cc1ccc([C@@H](C)CO)cc1. The van der Waals surface area contributed by atoms with Gasteiger partial charge >= 0.3 is 0 Å². The van der Waals surface area contributed by atoms with Crippen LogP contribution in [0.25, 0.3) is 0 Å². The third-order valence-electron chi connectivity index (χ3n) is 2.47. The Labute approximate surface area is 86.8 Å². The minimum absolute atomic E-state index is 0.226. The number of aliphatic hydroxyl groups is 1. The Morgan fingerprint density at radius 3 is 2.07 bits per heavy atom. The number of rotatable bonds is 4. The van der Waals surface area contributed by atoms with E-state index in [9.17, 15) is 0 Å². The van der Waals surface area contributed by atoms with Crippen LogP contribution in [0.5, 0.6) is 0 Å². The summed E-state index contributed by atoms with van der Waals surface area (Å²) in [6.07, 6.45) is 1.13. The molecule has 0 spiro atoms. The minimum atomic E-state index is 0.226. The van der Waals surface area contributed by atoms with Crippen LogP contribution < -0.4 is 0 Å². The molecule has 1 nitrogen and oxygen atoms in total. The Balaban J connectivity index is 2.68. The number of aliphatic hydroxyl groups excluding tert-OH is 1. The normalized spacial score (nSPS) is 13.2. The van der Waals surface area contributed by atoms with Gasteiger partial charge in [0.1, 0.15) is 0 Å². The number of hydrogen-bond donors (Lipinski definition) is 1. The van der Waals surface area contributed by atoms with Gasteiger partial charge in [-0.05, 0) is 23.5 Å². The standard InChI is InChI=1S/C13H20O/c1-10(2)8-12-4-6-13(7-5-12)11(3)9-14/h4-7,10-11,14H,8-9H2,1-3H3/t11-/m0/s1. The Kier molecular flexibility index (Phi) is 4.15. The molecule has 1 rings (SSSR count). The van der Waals surface area contributed by atoms with Gasteiger partial charge in [0, 0.05) is 12.5 Å². The van der Waals surface area contributed by atoms with E-state index in [0.29, 0.717) is 5.92 Å². The molecule has 0 amide bonds. The molecule has 0 radical (unpaired) electrons. The summed E-state index contributed by atoms with van der Waals surface area (Å²) >= 11 is 0. The van der Waals surface area contributed by atoms with E-state index in [4.69, 9.17) is 5.11 Å². The molecule has 0 saturated heterocycles. The molecule has 1 heteroatoms. The Bertz CT molecular complexity index is 261. The maximum Gasteiger partial charge on any atom is 0.0497 e. The van der Waals surface area contributed by atoms with Crippen molar-refractivity contribution in [3.8, 4) is 0 Å². The van der Waals surface area contributed by atoms with E-state index < -0.39 is 0 Å². The first-order chi connectivity index (χ1) is 6.63. The highest BCUT2D eigenvalue weighted by molar-refractivity contribution is 5.25. The summed E-state index contributed by atoms with van der Waals surface area (Å²) in [5, 5.41) is 9.00. The number of hydrogen-bond acceptors (Lipinski definition) is 1. The quantitative estimate of drug-likeness (QED) is 0.777. The fourth-order valence-electron chi connectivity index (χ4n) is 1.56. The third-order valence-corrected chi connectivity index (χ3v) is 2.47. The van der Waals surface area contributed by atoms with Crippen molar-refractivity contribution in [2.24, 2.45) is 5.92 Å². The molecule has 1 N–H and O–H groups in total. The molecule has 78 valence electrons. The maximum absolute atomic E-state index is 9.00. The maximum atomic E-state index is 9.00. The van der Waals surface area contributed by atoms with E-state index in [1.54, 1.807) is 0 Å². The van der Waals surface area contributed by atoms with Crippen LogP contribution in [-0.2, 0) is 6.42 Å². The average molecular weight is 192 g/mol. The molecule has 0 saturated carbocycles. The van der Waals surface area contributed by atoms with Crippen LogP contribution in [0.3, 0.4) is 0 Å². The topological polar surface area (TPSA) is 20.2 Å². The van der Waals surface area contributed by atoms with Gasteiger partial charge in [-0.2, -0.15) is 0 Å². The number of benzene rings is 1. The van der Waals surface area contributed by atoms with Crippen molar-refractivity contribution in [2.45, 2.75) is 33.1 Å². The van der Waals surface area contributed by atoms with Crippen LogP contribution in [0.4, 0.5) is 0 Å². The van der Waals surface area contributed by atoms with E-state index in [0.717, 1.165) is 6.42 Å². The summed E-state index contributed by atoms with van der Waals surface area (Å²) in [4.78, 5) is 0. The van der Waals surface area contributed by atoms with Gasteiger partial charge in [0.25, 0.3) is 0 Å². The van der Waals surface area contributed by atoms with E-state index in [1.807, 2.05) is 6.92 Å². The highest BCUT2D eigenvalue weighted by Crippen LogP contribution is 2.16. The predicted octanol–water partition coefficient (Wildman–Crippen LogP) is 2.98. The molecule has 0 fully saturated rings. The molecule has 0 aliphatic carbocycles. The fourth-order valence-corrected chi connectivity index (χ4v) is 1.56. The molecule has 0 unspecified atom stereocenters. The first-order valence-corrected chi connectivity index (χ1v) is 5.33. The van der Waals surface area contributed by atoms with Crippen LogP contribution >= 0.6 is 0 Å². The average Bonchev–Trinajstić information content (AvgIpc) is 2.17. The van der Waals surface area contributed by atoms with Gasteiger partial charge in [0.15, 0.2) is 0 Å². The zero-order valence-electron chi connectivity index (χ0n) is 9.33. The second-order valence-electron chi connectivity index (χ2n) is 4.42. The molecule has 0 aromatic heterocycles. The van der Waals surface area contributed by atoms with Crippen LogP contribution in [0.1, 0.15) is 37.8 Å². The Hall–Kier alpha value is -0.820. The van der Waals surface area contributed by atoms with Crippen molar-refractivity contribution >= 4 is 0 Å². The van der Waals surface area contributed by atoms with Gasteiger partial charge in [0.05, 0.1) is 0 Å². The molecule has 0 aliphatic heterocycles. The van der Waals surface area contributed by atoms with Gasteiger partial charge in [-0.25, -0.2) is 0 Å². The monoisotopic (exact) mass is 192 g/mol. The van der Waals surface area contributed by atoms with Crippen molar-refractivity contribution in [2.75, 3.05) is 6.61 Å². The lowest BCUT2D eigenvalue weighted by atomic mass is 9.97. The van der Waals surface area contributed by atoms with E-state index in [-0.39, 0.29) is 12.5 Å². The van der Waals surface area contributed by atoms with E-state index in [2.05, 4.69) is 38.1 Å². The summed E-state index contributed by atoms with van der Waals surface area (Å²) in [5.74, 6) is 0.958. The Morgan fingerprint density at radius 1 is 1.07 bits per heavy atom. The lowest BCUT2D eigenvalue weighted by Crippen LogP contribution is -1.99. The van der Waals surface area contributed by atoms with Crippen LogP contribution in [-0.4, -0.2) is 11.7 Å². The van der Waals surface area contributed by atoms with Crippen LogP contribution in [0.15, 0.2) is 24.3 Å². The molecule has 0 bridgehead atoms. The lowest BCUT2D eigenvalue weighted by Gasteiger charge is -2.10. The smallest absolute Gasteiger partial charge is 0.0497 e. The lowest BCUT2D eigenvalue weighted by molar-refractivity contribution is 0.273. The highest BCUT2D eigenvalue weighted by atomic mass is 16.3. The summed E-state index contributed by atoms with van der Waals surface area (Å²) in [5.41, 5.74) is 2.61. The first-order valence-electron chi connectivity index (χ1n) is 5.33. The predicted molar refractivity (Wildman–Crippen MR) is 60.5 cm³/mol. The largest absolute Gasteiger partial charge is 0.396 e. The molecule has 0 heterocycles. The summed E-state index contributed by atoms with van der Waals surface area (Å²) in [6, 6.07) is 8.58. The van der Waals surface area contributed by atoms with Gasteiger partial charge in [-0.1, -0.05) is 45.0 Å². The summed E-state index contributed by atoms with van der Waals surface area (Å²) in [7, 11) is 0. The second kappa shape index (κ2) is 5.16. The molecule has 14 heavy (non-hydrogen) atoms. The van der Waals surface area contributed by atoms with Crippen LogP contribution in [0.2, 0.25) is 0 Å². The molecule has 0 aliphatic rings. The first kappa shape index (κ1) is 11.3. The third kappa shape index (κ3) is 3.15. The summed E-state index contributed by atoms with van der Waals surface area (Å²) < 4.78 is 0. The molecule has 1 aromatic rings.